The minimum atomic E-state index is 0.715. The molecule has 1 atom stereocenters. The van der Waals surface area contributed by atoms with Crippen LogP contribution in [0.1, 0.15) is 12.8 Å². The van der Waals surface area contributed by atoms with Crippen LogP contribution in [-0.4, -0.2) is 47.6 Å². The lowest BCUT2D eigenvalue weighted by atomic mass is 10.0. The van der Waals surface area contributed by atoms with Crippen LogP contribution >= 0.6 is 12.2 Å². The summed E-state index contributed by atoms with van der Waals surface area (Å²) >= 11 is 5.59. The summed E-state index contributed by atoms with van der Waals surface area (Å²) in [5, 5.41) is 4.49. The van der Waals surface area contributed by atoms with E-state index < -0.39 is 0 Å². The first-order valence-electron chi connectivity index (χ1n) is 7.98. The van der Waals surface area contributed by atoms with Crippen LogP contribution in [0.2, 0.25) is 0 Å². The molecule has 2 aromatic rings. The lowest BCUT2D eigenvalue weighted by molar-refractivity contribution is -0.954. The van der Waals surface area contributed by atoms with Crippen molar-refractivity contribution in [2.75, 3.05) is 27.2 Å². The van der Waals surface area contributed by atoms with Crippen molar-refractivity contribution in [2.45, 2.75) is 25.6 Å². The quantitative estimate of drug-likeness (QED) is 0.749. The van der Waals surface area contributed by atoms with Crippen LogP contribution in [0.3, 0.4) is 0 Å². The van der Waals surface area contributed by atoms with Crippen LogP contribution in [0.25, 0.3) is 5.69 Å². The van der Waals surface area contributed by atoms with Gasteiger partial charge in [-0.25, -0.2) is 0 Å². The second kappa shape index (κ2) is 6.73. The van der Waals surface area contributed by atoms with E-state index in [1.807, 2.05) is 33.8 Å². The summed E-state index contributed by atoms with van der Waals surface area (Å²) in [6, 6.07) is 10.9. The maximum Gasteiger partial charge on any atom is 0.207 e. The molecule has 22 heavy (non-hydrogen) atoms. The molecule has 2 heterocycles. The molecule has 3 rings (SSSR count). The van der Waals surface area contributed by atoms with E-state index >= 15 is 0 Å². The van der Waals surface area contributed by atoms with Gasteiger partial charge in [-0.3, -0.25) is 4.57 Å². The van der Waals surface area contributed by atoms with E-state index in [1.165, 1.54) is 30.8 Å². The highest BCUT2D eigenvalue weighted by Gasteiger charge is 2.26. The zero-order chi connectivity index (χ0) is 15.5. The van der Waals surface area contributed by atoms with Gasteiger partial charge in [0.1, 0.15) is 6.33 Å². The molecule has 1 fully saturated rings. The molecule has 0 bridgehead atoms. The molecule has 2 N–H and O–H groups in total. The summed E-state index contributed by atoms with van der Waals surface area (Å²) in [5.74, 6) is 0. The maximum atomic E-state index is 5.59. The number of aromatic nitrogens is 3. The van der Waals surface area contributed by atoms with Crippen molar-refractivity contribution < 1.29 is 9.80 Å². The molecule has 0 radical (unpaired) electrons. The van der Waals surface area contributed by atoms with Gasteiger partial charge < -0.3 is 9.80 Å². The third-order valence-electron chi connectivity index (χ3n) is 4.70. The van der Waals surface area contributed by atoms with Crippen LogP contribution in [0.4, 0.5) is 0 Å². The fraction of sp³-hybridized carbons (Fsp3) is 0.500. The van der Waals surface area contributed by atoms with Crippen LogP contribution in [0.15, 0.2) is 36.7 Å². The fourth-order valence-electron chi connectivity index (χ4n) is 3.18. The Bertz CT molecular complexity index is 655. The normalized spacial score (nSPS) is 23.4. The standard InChI is InChI=1S/C16H23N5S/c1-18-10-8-14(9-11-18)19(2)13-21-16(22)20(12-17-21)15-6-4-3-5-7-15/h3-7,12,14H,8-11,13H2,1-2H3/p+2. The summed E-state index contributed by atoms with van der Waals surface area (Å²) in [4.78, 5) is 3.15. The Morgan fingerprint density at radius 2 is 1.95 bits per heavy atom. The molecule has 1 aliphatic rings. The molecule has 0 saturated carbocycles. The molecule has 0 spiro atoms. The second-order valence-electron chi connectivity index (χ2n) is 6.35. The number of piperidine rings is 1. The summed E-state index contributed by atoms with van der Waals surface area (Å²) < 4.78 is 4.69. The summed E-state index contributed by atoms with van der Waals surface area (Å²) in [5.41, 5.74) is 1.07. The fourth-order valence-corrected chi connectivity index (χ4v) is 3.44. The van der Waals surface area contributed by atoms with Gasteiger partial charge in [-0.15, -0.1) is 0 Å². The van der Waals surface area contributed by atoms with Crippen LogP contribution in [0.5, 0.6) is 0 Å². The number of nitrogens with zero attached hydrogens (tertiary/aromatic N) is 3. The predicted molar refractivity (Wildman–Crippen MR) is 88.9 cm³/mol. The monoisotopic (exact) mass is 319 g/mol. The molecule has 1 unspecified atom stereocenters. The number of hydrogen-bond acceptors (Lipinski definition) is 2. The van der Waals surface area contributed by atoms with Crippen molar-refractivity contribution in [1.82, 2.24) is 14.3 Å². The number of rotatable bonds is 4. The Kier molecular flexibility index (Phi) is 4.71. The minimum absolute atomic E-state index is 0.715. The van der Waals surface area contributed by atoms with Crippen LogP contribution < -0.4 is 9.80 Å². The number of quaternary nitrogens is 2. The molecule has 0 amide bonds. The third-order valence-corrected chi connectivity index (χ3v) is 5.11. The highest BCUT2D eigenvalue weighted by molar-refractivity contribution is 7.71. The molecule has 6 heteroatoms. The van der Waals surface area contributed by atoms with Crippen molar-refractivity contribution in [3.8, 4) is 5.69 Å². The van der Waals surface area contributed by atoms with Crippen LogP contribution in [-0.2, 0) is 6.67 Å². The zero-order valence-electron chi connectivity index (χ0n) is 13.3. The van der Waals surface area contributed by atoms with Crippen LogP contribution in [0, 0.1) is 4.77 Å². The molecule has 1 aliphatic heterocycles. The maximum absolute atomic E-state index is 5.59. The van der Waals surface area contributed by atoms with Gasteiger partial charge in [0, 0.05) is 18.5 Å². The van der Waals surface area contributed by atoms with E-state index in [4.69, 9.17) is 12.2 Å². The highest BCUT2D eigenvalue weighted by atomic mass is 32.1. The Morgan fingerprint density at radius 1 is 1.27 bits per heavy atom. The highest BCUT2D eigenvalue weighted by Crippen LogP contribution is 2.07. The Balaban J connectivity index is 1.71. The van der Waals surface area contributed by atoms with E-state index in [-0.39, 0.29) is 0 Å². The number of hydrogen-bond donors (Lipinski definition) is 2. The SMILES string of the molecule is C[NH+]1CCC([NH+](C)Cn2ncn(-c3ccccc3)c2=S)CC1. The smallest absolute Gasteiger partial charge is 0.207 e. The number of nitrogens with one attached hydrogen (secondary N) is 2. The zero-order valence-corrected chi connectivity index (χ0v) is 14.1. The lowest BCUT2D eigenvalue weighted by Crippen LogP contribution is -3.17. The van der Waals surface area contributed by atoms with Gasteiger partial charge in [0.2, 0.25) is 4.77 Å². The minimum Gasteiger partial charge on any atom is -0.337 e. The first-order valence-corrected chi connectivity index (χ1v) is 8.39. The summed E-state index contributed by atoms with van der Waals surface area (Å²) in [6.45, 7) is 3.38. The third kappa shape index (κ3) is 3.29. The predicted octanol–water partition coefficient (Wildman–Crippen LogP) is -0.447. The van der Waals surface area contributed by atoms with Crippen molar-refractivity contribution in [3.05, 3.63) is 41.4 Å². The topological polar surface area (TPSA) is 31.6 Å². The van der Waals surface area contributed by atoms with Gasteiger partial charge in [0.15, 0.2) is 6.67 Å². The van der Waals surface area contributed by atoms with E-state index in [2.05, 4.69) is 31.3 Å². The molecule has 1 aromatic carbocycles. The van der Waals surface area contributed by atoms with Gasteiger partial charge >= 0.3 is 0 Å². The first kappa shape index (κ1) is 15.4. The van der Waals surface area contributed by atoms with Crippen molar-refractivity contribution >= 4 is 12.2 Å². The molecule has 5 nitrogen and oxygen atoms in total. The average molecular weight is 319 g/mol. The van der Waals surface area contributed by atoms with E-state index in [1.54, 1.807) is 4.90 Å². The van der Waals surface area contributed by atoms with Crippen molar-refractivity contribution in [1.29, 1.82) is 0 Å². The van der Waals surface area contributed by atoms with Gasteiger partial charge in [0.05, 0.1) is 33.2 Å². The second-order valence-corrected chi connectivity index (χ2v) is 6.72. The van der Waals surface area contributed by atoms with Gasteiger partial charge in [-0.05, 0) is 24.4 Å². The van der Waals surface area contributed by atoms with E-state index in [9.17, 15) is 0 Å². The molecule has 0 aliphatic carbocycles. The Labute approximate surface area is 136 Å². The van der Waals surface area contributed by atoms with Gasteiger partial charge in [-0.1, -0.05) is 18.2 Å². The number of benzene rings is 1. The molecule has 1 aromatic heterocycles. The van der Waals surface area contributed by atoms with Gasteiger partial charge in [0.25, 0.3) is 0 Å². The average Bonchev–Trinajstić information content (AvgIpc) is 2.90. The Hall–Kier alpha value is -1.50. The lowest BCUT2D eigenvalue weighted by Gasteiger charge is -2.30. The molecule has 1 saturated heterocycles. The van der Waals surface area contributed by atoms with Crippen molar-refractivity contribution in [2.24, 2.45) is 0 Å². The Morgan fingerprint density at radius 3 is 2.64 bits per heavy atom. The number of para-hydroxylation sites is 1. The molecular weight excluding hydrogens is 294 g/mol. The summed E-state index contributed by atoms with van der Waals surface area (Å²) in [7, 11) is 4.54. The molecule has 118 valence electrons. The van der Waals surface area contributed by atoms with E-state index in [0.29, 0.717) is 6.04 Å². The largest absolute Gasteiger partial charge is 0.337 e. The van der Waals surface area contributed by atoms with E-state index in [0.717, 1.165) is 17.1 Å². The molecular formula is C16H25N5S+2. The summed E-state index contributed by atoms with van der Waals surface area (Å²) in [6.07, 6.45) is 4.39. The first-order chi connectivity index (χ1) is 10.6. The van der Waals surface area contributed by atoms with Crippen molar-refractivity contribution in [3.63, 3.8) is 0 Å². The van der Waals surface area contributed by atoms with Gasteiger partial charge in [-0.2, -0.15) is 9.78 Å². The number of likely N-dealkylation sites (tertiary alicyclic amines) is 1.